The number of hydrogen-bond donors (Lipinski definition) is 0. The zero-order chi connectivity index (χ0) is 15.1. The first-order valence-corrected chi connectivity index (χ1v) is 7.80. The highest BCUT2D eigenvalue weighted by Crippen LogP contribution is 2.23. The summed E-state index contributed by atoms with van der Waals surface area (Å²) in [5, 5.41) is 3.80. The van der Waals surface area contributed by atoms with Crippen LogP contribution in [0.15, 0.2) is 67.1 Å². The second-order valence-electron chi connectivity index (χ2n) is 5.30. The lowest BCUT2D eigenvalue weighted by Crippen LogP contribution is -3.00. The van der Waals surface area contributed by atoms with E-state index in [1.54, 1.807) is 6.07 Å². The van der Waals surface area contributed by atoms with E-state index in [-0.39, 0.29) is 12.4 Å². The van der Waals surface area contributed by atoms with Gasteiger partial charge < -0.3 is 12.4 Å². The Balaban J connectivity index is 0.00000156. The van der Waals surface area contributed by atoms with Crippen LogP contribution in [0, 0.1) is 0 Å². The minimum atomic E-state index is 0. The maximum absolute atomic E-state index is 6.31. The van der Waals surface area contributed by atoms with Crippen molar-refractivity contribution in [2.75, 3.05) is 0 Å². The first-order chi connectivity index (χ1) is 10.7. The molecule has 0 unspecified atom stereocenters. The summed E-state index contributed by atoms with van der Waals surface area (Å²) in [6, 6.07) is 16.2. The number of pyridine rings is 1. The van der Waals surface area contributed by atoms with Gasteiger partial charge in [-0.1, -0.05) is 47.5 Å². The van der Waals surface area contributed by atoms with Crippen LogP contribution in [0.4, 0.5) is 0 Å². The van der Waals surface area contributed by atoms with Gasteiger partial charge in [0, 0.05) is 15.6 Å². The summed E-state index contributed by atoms with van der Waals surface area (Å²) >= 11 is 12.3. The highest BCUT2D eigenvalue weighted by molar-refractivity contribution is 6.35. The first kappa shape index (κ1) is 16.1. The molecule has 2 aromatic heterocycles. The van der Waals surface area contributed by atoms with Gasteiger partial charge in [0.25, 0.3) is 5.65 Å². The van der Waals surface area contributed by atoms with Gasteiger partial charge in [-0.05, 0) is 29.7 Å². The standard InChI is InChI=1S/C18H13Cl2N2.ClH/c19-15-6-5-14(17(20)11-15)12-22-10-9-21-8-7-13-3-1-2-4-16(13)18(21)22;/h1-11H,12H2;1H/q+1;/p-1. The van der Waals surface area contributed by atoms with E-state index >= 15 is 0 Å². The molecule has 5 heteroatoms. The topological polar surface area (TPSA) is 9.03 Å². The minimum Gasteiger partial charge on any atom is -1.00 e. The van der Waals surface area contributed by atoms with E-state index in [0.717, 1.165) is 11.2 Å². The Morgan fingerprint density at radius 1 is 0.957 bits per heavy atom. The van der Waals surface area contributed by atoms with Crippen LogP contribution in [-0.4, -0.2) is 4.57 Å². The lowest BCUT2D eigenvalue weighted by atomic mass is 10.1. The molecule has 0 amide bonds. The quantitative estimate of drug-likeness (QED) is 0.480. The molecule has 0 atom stereocenters. The van der Waals surface area contributed by atoms with Crippen LogP contribution >= 0.6 is 23.2 Å². The Morgan fingerprint density at radius 3 is 2.61 bits per heavy atom. The van der Waals surface area contributed by atoms with E-state index in [4.69, 9.17) is 23.2 Å². The predicted octanol–water partition coefficient (Wildman–Crippen LogP) is 1.74. The Bertz CT molecular complexity index is 992. The van der Waals surface area contributed by atoms with Gasteiger partial charge in [-0.15, -0.1) is 0 Å². The number of nitrogens with zero attached hydrogens (tertiary/aromatic N) is 2. The van der Waals surface area contributed by atoms with Crippen molar-refractivity contribution in [3.8, 4) is 0 Å². The summed E-state index contributed by atoms with van der Waals surface area (Å²) in [6.45, 7) is 0.709. The van der Waals surface area contributed by atoms with Crippen LogP contribution in [-0.2, 0) is 6.54 Å². The van der Waals surface area contributed by atoms with E-state index in [0.29, 0.717) is 16.6 Å². The molecule has 0 spiro atoms. The van der Waals surface area contributed by atoms with Crippen molar-refractivity contribution in [2.45, 2.75) is 6.54 Å². The van der Waals surface area contributed by atoms with E-state index in [1.807, 2.05) is 12.1 Å². The van der Waals surface area contributed by atoms with Gasteiger partial charge in [-0.3, -0.25) is 0 Å². The fraction of sp³-hybridized carbons (Fsp3) is 0.0556. The molecule has 0 saturated carbocycles. The molecule has 23 heavy (non-hydrogen) atoms. The summed E-state index contributed by atoms with van der Waals surface area (Å²) < 4.78 is 4.34. The highest BCUT2D eigenvalue weighted by atomic mass is 35.5. The molecule has 0 radical (unpaired) electrons. The smallest absolute Gasteiger partial charge is 0.294 e. The lowest BCUT2D eigenvalue weighted by Gasteiger charge is -2.04. The summed E-state index contributed by atoms with van der Waals surface area (Å²) in [6.07, 6.45) is 6.22. The molecule has 4 rings (SSSR count). The maximum atomic E-state index is 6.31. The third-order valence-corrected chi connectivity index (χ3v) is 4.48. The van der Waals surface area contributed by atoms with E-state index in [1.165, 1.54) is 10.8 Å². The molecule has 2 aromatic carbocycles. The molecule has 0 N–H and O–H groups in total. The molecule has 0 saturated heterocycles. The zero-order valence-corrected chi connectivity index (χ0v) is 14.4. The number of aromatic nitrogens is 2. The van der Waals surface area contributed by atoms with Crippen LogP contribution in [0.3, 0.4) is 0 Å². The van der Waals surface area contributed by atoms with Gasteiger partial charge >= 0.3 is 0 Å². The average Bonchev–Trinajstić information content (AvgIpc) is 2.93. The van der Waals surface area contributed by atoms with Crippen molar-refractivity contribution in [1.29, 1.82) is 0 Å². The van der Waals surface area contributed by atoms with Gasteiger partial charge in [-0.25, -0.2) is 8.97 Å². The molecule has 0 aliphatic heterocycles. The minimum absolute atomic E-state index is 0. The van der Waals surface area contributed by atoms with Crippen molar-refractivity contribution in [2.24, 2.45) is 0 Å². The van der Waals surface area contributed by atoms with Gasteiger partial charge in [-0.2, -0.15) is 0 Å². The summed E-state index contributed by atoms with van der Waals surface area (Å²) in [4.78, 5) is 0. The molecular formula is C18H13Cl3N2. The maximum Gasteiger partial charge on any atom is 0.294 e. The Labute approximate surface area is 150 Å². The van der Waals surface area contributed by atoms with Crippen LogP contribution in [0.2, 0.25) is 10.0 Å². The predicted molar refractivity (Wildman–Crippen MR) is 90.7 cm³/mol. The molecular weight excluding hydrogens is 351 g/mol. The highest BCUT2D eigenvalue weighted by Gasteiger charge is 2.15. The van der Waals surface area contributed by atoms with E-state index < -0.39 is 0 Å². The van der Waals surface area contributed by atoms with E-state index in [2.05, 4.69) is 57.9 Å². The molecule has 0 bridgehead atoms. The molecule has 2 nitrogen and oxygen atoms in total. The second-order valence-corrected chi connectivity index (χ2v) is 6.14. The fourth-order valence-corrected chi connectivity index (χ4v) is 3.29. The van der Waals surface area contributed by atoms with Gasteiger partial charge in [0.15, 0.2) is 0 Å². The largest absolute Gasteiger partial charge is 1.00 e. The molecule has 2 heterocycles. The number of hydrogen-bond acceptors (Lipinski definition) is 0. The Morgan fingerprint density at radius 2 is 1.78 bits per heavy atom. The van der Waals surface area contributed by atoms with Crippen molar-refractivity contribution >= 4 is 39.6 Å². The van der Waals surface area contributed by atoms with Gasteiger partial charge in [0.05, 0.1) is 11.6 Å². The number of benzene rings is 2. The van der Waals surface area contributed by atoms with Crippen molar-refractivity contribution < 1.29 is 16.8 Å². The fourth-order valence-electron chi connectivity index (χ4n) is 2.82. The SMILES string of the molecule is Clc1ccc(Cn2cc[n+]3ccc4ccccc4c23)c(Cl)c1.[Cl-]. The second kappa shape index (κ2) is 6.40. The molecule has 4 aromatic rings. The first-order valence-electron chi connectivity index (χ1n) is 7.04. The lowest BCUT2D eigenvalue weighted by molar-refractivity contribution is -0.509. The third-order valence-electron chi connectivity index (χ3n) is 3.90. The monoisotopic (exact) mass is 362 g/mol. The number of imidazole rings is 1. The third kappa shape index (κ3) is 2.90. The molecule has 0 fully saturated rings. The molecule has 0 aliphatic carbocycles. The van der Waals surface area contributed by atoms with Crippen LogP contribution < -0.4 is 16.8 Å². The van der Waals surface area contributed by atoms with Crippen molar-refractivity contribution in [3.63, 3.8) is 0 Å². The van der Waals surface area contributed by atoms with Gasteiger partial charge in [0.2, 0.25) is 0 Å². The number of rotatable bonds is 2. The Kier molecular flexibility index (Phi) is 4.49. The van der Waals surface area contributed by atoms with Gasteiger partial charge in [0.1, 0.15) is 18.9 Å². The van der Waals surface area contributed by atoms with Crippen LogP contribution in [0.5, 0.6) is 0 Å². The summed E-state index contributed by atoms with van der Waals surface area (Å²) in [5.74, 6) is 0. The average molecular weight is 364 g/mol. The zero-order valence-electron chi connectivity index (χ0n) is 12.1. The summed E-state index contributed by atoms with van der Waals surface area (Å²) in [5.41, 5.74) is 2.21. The normalized spacial score (nSPS) is 10.9. The van der Waals surface area contributed by atoms with E-state index in [9.17, 15) is 0 Å². The number of fused-ring (bicyclic) bond motifs is 3. The van der Waals surface area contributed by atoms with Crippen molar-refractivity contribution in [3.05, 3.63) is 82.7 Å². The Hall–Kier alpha value is -1.74. The van der Waals surface area contributed by atoms with Crippen LogP contribution in [0.25, 0.3) is 16.4 Å². The summed E-state index contributed by atoms with van der Waals surface area (Å²) in [7, 11) is 0. The molecule has 0 aliphatic rings. The number of halogens is 3. The molecule has 116 valence electrons. The van der Waals surface area contributed by atoms with Crippen molar-refractivity contribution in [1.82, 2.24) is 4.57 Å². The van der Waals surface area contributed by atoms with Crippen LogP contribution in [0.1, 0.15) is 5.56 Å².